The summed E-state index contributed by atoms with van der Waals surface area (Å²) in [5.41, 5.74) is 0. The van der Waals surface area contributed by atoms with Crippen LogP contribution in [0.15, 0.2) is 0 Å². The topological polar surface area (TPSA) is 85.3 Å². The third-order valence-electron chi connectivity index (χ3n) is 0. The normalized spacial score (nSPS) is 2.60. The fourth-order valence-corrected chi connectivity index (χ4v) is 0. The predicted molar refractivity (Wildman–Crippen MR) is 219 cm³/mol. The quantitative estimate of drug-likeness (QED) is 0.178. The summed E-state index contributed by atoms with van der Waals surface area (Å²) in [5.74, 6) is 0. The molecule has 0 aliphatic heterocycles. The Bertz CT molecular complexity index is 169. The molecule has 0 N–H and O–H groups in total. The van der Waals surface area contributed by atoms with E-state index < -0.39 is 89.5 Å². The first-order valence-corrected chi connectivity index (χ1v) is 5.64. The van der Waals surface area contributed by atoms with Gasteiger partial charge in [-0.2, -0.15) is 0 Å². The first-order chi connectivity index (χ1) is 6.66. The molecule has 0 saturated heterocycles. The number of halogens is 4. The Labute approximate surface area is 298 Å². The monoisotopic (exact) mass is 983 g/mol. The van der Waals surface area contributed by atoms with Crippen LogP contribution in [0.1, 0.15) is 108 Å². The molecule has 0 saturated carbocycles. The van der Waals surface area contributed by atoms with E-state index >= 15 is 0 Å². The Kier molecular flexibility index (Phi) is 25700. The molecule has 0 fully saturated rings. The Balaban J connectivity index is -0.000000000510. The molecular formula is C12H78B8I4O5Zn. The van der Waals surface area contributed by atoms with Gasteiger partial charge >= 0.3 is 21.8 Å². The summed E-state index contributed by atoms with van der Waals surface area (Å²) in [7, 11) is 0. The van der Waals surface area contributed by atoms with Crippen molar-refractivity contribution in [1.29, 1.82) is 2.38 Å². The van der Waals surface area contributed by atoms with E-state index in [-0.39, 0.29) is 193 Å². The molecule has 0 aromatic carbocycles. The van der Waals surface area contributed by atoms with Gasteiger partial charge < -0.3 is 0 Å². The van der Waals surface area contributed by atoms with Gasteiger partial charge in [0.25, 0.3) is 0 Å². The van der Waals surface area contributed by atoms with Gasteiger partial charge in [0.1, 0.15) is 91.9 Å². The summed E-state index contributed by atoms with van der Waals surface area (Å²) in [6.45, 7) is 0. The van der Waals surface area contributed by atoms with E-state index in [1.807, 2.05) is 0 Å². The molecule has 30 heavy (non-hydrogen) atoms. The second kappa shape index (κ2) is 3300. The van der Waals surface area contributed by atoms with Gasteiger partial charge in [-0.15, -0.1) is 0 Å². The van der Waals surface area contributed by atoms with Crippen LogP contribution < -0.4 is 0 Å². The minimum absolute atomic E-state index is 0. The average Bonchev–Trinajstić information content (AvgIpc) is 2.12. The zero-order valence-corrected chi connectivity index (χ0v) is 20.5. The third-order valence-corrected chi connectivity index (χ3v) is 0. The molecule has 0 atom stereocenters. The maximum absolute atomic E-state index is 8.71. The fourth-order valence-electron chi connectivity index (χ4n) is 0. The molecule has 24 radical (unpaired) electrons. The number of rotatable bonds is 0. The molecule has 0 aromatic heterocycles. The molecule has 0 bridgehead atoms. The predicted octanol–water partition coefficient (Wildman–Crippen LogP) is 9.66. The molecule has 0 aliphatic rings. The van der Waals surface area contributed by atoms with Crippen molar-refractivity contribution in [1.82, 2.24) is 0 Å². The van der Waals surface area contributed by atoms with Crippen LogP contribution in [0.3, 0.4) is 0 Å². The van der Waals surface area contributed by atoms with Crippen molar-refractivity contribution in [3.05, 3.63) is 0 Å². The summed E-state index contributed by atoms with van der Waals surface area (Å²) >= 11 is -5.51. The zero-order valence-electron chi connectivity index (χ0n) is 12.9. The third kappa shape index (κ3) is 2990. The van der Waals surface area contributed by atoms with Crippen LogP contribution in [-0.4, -0.2) is 69.7 Å². The van der Waals surface area contributed by atoms with Crippen molar-refractivity contribution in [2.75, 3.05) is 0 Å². The maximum atomic E-state index is 8.71. The minimum atomic E-state index is -1.41. The summed E-state index contributed by atoms with van der Waals surface area (Å²) in [4.78, 5) is 0. The molecule has 0 amide bonds. The van der Waals surface area contributed by atoms with E-state index in [9.17, 15) is 0 Å². The molecule has 210 valence electrons. The Morgan fingerprint density at radius 2 is 0.367 bits per heavy atom. The van der Waals surface area contributed by atoms with Crippen LogP contribution in [-0.2, 0) is 34.1 Å². The van der Waals surface area contributed by atoms with Crippen LogP contribution >= 0.6 is 89.5 Å². The molecule has 0 aliphatic carbocycles. The van der Waals surface area contributed by atoms with Gasteiger partial charge in [0.05, 0.1) is 0 Å². The van der Waals surface area contributed by atoms with E-state index in [1.54, 1.807) is 0 Å². The Morgan fingerprint density at radius 1 is 0.367 bits per heavy atom. The summed E-state index contributed by atoms with van der Waals surface area (Å²) in [6, 6.07) is 0. The van der Waals surface area contributed by atoms with Gasteiger partial charge in [0.15, 0.2) is 0 Å². The van der Waals surface area contributed by atoms with Crippen molar-refractivity contribution >= 4 is 157 Å². The number of hydrogen-bond donors (Lipinski definition) is 0. The first-order valence-electron chi connectivity index (χ1n) is 2.42. The Morgan fingerprint density at radius 3 is 0.367 bits per heavy atom. The first kappa shape index (κ1) is 234. The fraction of sp³-hybridized carbons (Fsp3) is 1.00. The van der Waals surface area contributed by atoms with Gasteiger partial charge in [-0.25, -0.2) is 0 Å². The van der Waals surface area contributed by atoms with Crippen LogP contribution in [0, 0.1) is 0 Å². The molecule has 0 aromatic rings. The molecule has 0 heterocycles. The van der Waals surface area contributed by atoms with E-state index in [4.69, 9.17) is 18.2 Å². The molecule has 18 heteroatoms. The molecule has 0 unspecified atom stereocenters. The molecule has 5 nitrogen and oxygen atoms in total. The van der Waals surface area contributed by atoms with Crippen molar-refractivity contribution in [3.8, 4) is 0 Å². The SMILES string of the molecule is C.C.C.C.C.C.C.C.C.C.C.C.[2HH].[2HH].[2HH].[2HH].[2HH].[2HH].[2HH].[2HH].[2HH].[2HH].[2HH].[2HH].[2HH].[3H]I=O.[3H]I=O.[3H]I=O.[3H]I=O.[B].[B].[B].[B].[B].[B].[B].[B].[O]=[Zn]. The molecular weight excluding hydrogens is 884 g/mol. The Hall–Kier alpha value is 3.06. The van der Waals surface area contributed by atoms with Crippen molar-refractivity contribution in [3.63, 3.8) is 0 Å². The van der Waals surface area contributed by atoms with Gasteiger partial charge in [-0.3, -0.25) is 12.3 Å². The van der Waals surface area contributed by atoms with Crippen LogP contribution in [0.25, 0.3) is 0 Å². The zero-order chi connectivity index (χ0) is 12.8. The van der Waals surface area contributed by atoms with Crippen LogP contribution in [0.5, 0.6) is 0 Å². The van der Waals surface area contributed by atoms with E-state index in [1.165, 1.54) is 0 Å². The van der Waals surface area contributed by atoms with Crippen molar-refractivity contribution in [2.45, 2.75) is 89.1 Å². The van der Waals surface area contributed by atoms with E-state index in [0.29, 0.717) is 0 Å². The van der Waals surface area contributed by atoms with Gasteiger partial charge in [-0.1, -0.05) is 89.1 Å². The van der Waals surface area contributed by atoms with E-state index in [0.717, 1.165) is 0 Å². The standard InChI is InChI=1S/12CH4.8B.4HIO.O.Zn.13H2/c;;;;;;;;;;;;;;;;;;;;4*1-2;;;;;;;;;;;;;;;/h12*1H4;;;;;;;;;4*1H;;;13*1H/i;;;;;;;;;;;;;;;;;;;;4*1T;;;13*1+1. The molecule has 0 spiro atoms. The molecule has 0 rings (SSSR count). The summed E-state index contributed by atoms with van der Waals surface area (Å²) in [5, 5.41) is 0. The van der Waals surface area contributed by atoms with Crippen LogP contribution in [0.4, 0.5) is 0 Å². The van der Waals surface area contributed by atoms with Gasteiger partial charge in [0, 0.05) is 85.9 Å². The summed E-state index contributed by atoms with van der Waals surface area (Å²) < 4.78 is 66.3. The average molecular weight is 983 g/mol. The van der Waals surface area contributed by atoms with Crippen molar-refractivity contribution in [2.24, 2.45) is 0 Å². The number of hydrogen-bond acceptors (Lipinski definition) is 5. The van der Waals surface area contributed by atoms with Crippen molar-refractivity contribution < 1.29 is 52.6 Å². The summed E-state index contributed by atoms with van der Waals surface area (Å²) in [6.07, 6.45) is 0. The second-order valence-electron chi connectivity index (χ2n) is 0. The van der Waals surface area contributed by atoms with Gasteiger partial charge in [0.2, 0.25) is 0 Å². The second-order valence-corrected chi connectivity index (χ2v) is 0. The van der Waals surface area contributed by atoms with Gasteiger partial charge in [-0.05, 0) is 0 Å². The van der Waals surface area contributed by atoms with Crippen LogP contribution in [0.2, 0.25) is 0 Å². The van der Waals surface area contributed by atoms with E-state index in [2.05, 4.69) is 0 Å².